The predicted octanol–water partition coefficient (Wildman–Crippen LogP) is 3.34. The Balaban J connectivity index is 1.74. The molecule has 1 aromatic heterocycles. The summed E-state index contributed by atoms with van der Waals surface area (Å²) in [6.07, 6.45) is 6.78. The minimum atomic E-state index is -0.267. The number of ether oxygens (including phenoxy) is 2. The topological polar surface area (TPSA) is 63.7 Å². The number of nitrogens with one attached hydrogen (secondary N) is 1. The summed E-state index contributed by atoms with van der Waals surface area (Å²) in [6.45, 7) is 0.810. The van der Waals surface area contributed by atoms with Gasteiger partial charge in [0.05, 0.1) is 20.3 Å². The molecule has 1 unspecified atom stereocenters. The van der Waals surface area contributed by atoms with Crippen LogP contribution in [0.15, 0.2) is 42.7 Å². The zero-order valence-corrected chi connectivity index (χ0v) is 16.3. The van der Waals surface area contributed by atoms with Gasteiger partial charge in [0.1, 0.15) is 0 Å². The van der Waals surface area contributed by atoms with Crippen molar-refractivity contribution in [3.05, 3.63) is 53.9 Å². The van der Waals surface area contributed by atoms with E-state index in [9.17, 15) is 4.79 Å². The van der Waals surface area contributed by atoms with Gasteiger partial charge in [-0.1, -0.05) is 6.07 Å². The molecule has 1 N–H and O–H groups in total. The van der Waals surface area contributed by atoms with E-state index in [1.807, 2.05) is 12.3 Å². The molecule has 6 nitrogen and oxygen atoms in total. The van der Waals surface area contributed by atoms with Crippen LogP contribution in [0.3, 0.4) is 0 Å². The lowest BCUT2D eigenvalue weighted by Crippen LogP contribution is -2.46. The number of rotatable bonds is 4. The Kier molecular flexibility index (Phi) is 6.24. The van der Waals surface area contributed by atoms with E-state index in [-0.39, 0.29) is 11.9 Å². The minimum Gasteiger partial charge on any atom is -0.493 e. The highest BCUT2D eigenvalue weighted by Gasteiger charge is 2.27. The largest absolute Gasteiger partial charge is 0.493 e. The van der Waals surface area contributed by atoms with Crippen molar-refractivity contribution in [2.45, 2.75) is 25.3 Å². The van der Waals surface area contributed by atoms with Crippen LogP contribution >= 0.6 is 12.2 Å². The fourth-order valence-corrected chi connectivity index (χ4v) is 3.62. The maximum atomic E-state index is 12.7. The van der Waals surface area contributed by atoms with Crippen molar-refractivity contribution in [3.63, 3.8) is 0 Å². The number of hydrogen-bond donors (Lipinski definition) is 1. The normalized spacial score (nSPS) is 16.5. The molecule has 7 heteroatoms. The maximum absolute atomic E-state index is 12.7. The standard InChI is InChI=1S/C20H23N3O3S/c1-25-17-9-8-14(12-18(17)26-2)19(24)22-20(27)23-11-4-3-7-16(23)15-6-5-10-21-13-15/h5-6,8-10,12-13,16H,3-4,7,11H2,1-2H3,(H,22,24,27). The second-order valence-corrected chi connectivity index (χ2v) is 6.71. The lowest BCUT2D eigenvalue weighted by atomic mass is 9.97. The van der Waals surface area contributed by atoms with E-state index < -0.39 is 0 Å². The number of aromatic nitrogens is 1. The number of carbonyl (C=O) groups is 1. The molecule has 0 radical (unpaired) electrons. The Morgan fingerprint density at radius 1 is 1.22 bits per heavy atom. The van der Waals surface area contributed by atoms with E-state index in [2.05, 4.69) is 21.3 Å². The molecule has 1 fully saturated rings. The molecule has 142 valence electrons. The average molecular weight is 385 g/mol. The Labute approximate surface area is 164 Å². The third-order valence-corrected chi connectivity index (χ3v) is 5.04. The Hall–Kier alpha value is -2.67. The monoisotopic (exact) mass is 385 g/mol. The van der Waals surface area contributed by atoms with E-state index in [0.717, 1.165) is 31.4 Å². The van der Waals surface area contributed by atoms with Gasteiger partial charge in [0, 0.05) is 24.5 Å². The molecule has 0 bridgehead atoms. The van der Waals surface area contributed by atoms with Crippen molar-refractivity contribution in [1.29, 1.82) is 0 Å². The zero-order chi connectivity index (χ0) is 19.2. The van der Waals surface area contributed by atoms with Gasteiger partial charge < -0.3 is 14.4 Å². The molecule has 0 saturated carbocycles. The third kappa shape index (κ3) is 4.36. The molecule has 2 heterocycles. The van der Waals surface area contributed by atoms with Crippen LogP contribution in [0.2, 0.25) is 0 Å². The van der Waals surface area contributed by atoms with E-state index in [1.54, 1.807) is 31.5 Å². The number of methoxy groups -OCH3 is 2. The van der Waals surface area contributed by atoms with Gasteiger partial charge in [-0.15, -0.1) is 0 Å². The molecule has 1 aliphatic heterocycles. The first-order valence-electron chi connectivity index (χ1n) is 8.88. The minimum absolute atomic E-state index is 0.130. The summed E-state index contributed by atoms with van der Waals surface area (Å²) in [5.74, 6) is 0.808. The molecule has 27 heavy (non-hydrogen) atoms. The molecule has 1 aliphatic rings. The fourth-order valence-electron chi connectivity index (χ4n) is 3.31. The number of amides is 1. The zero-order valence-electron chi connectivity index (χ0n) is 15.5. The summed E-state index contributed by atoms with van der Waals surface area (Å²) in [6, 6.07) is 9.14. The Bertz CT molecular complexity index is 813. The third-order valence-electron chi connectivity index (χ3n) is 4.70. The number of piperidine rings is 1. The number of likely N-dealkylation sites (tertiary alicyclic amines) is 1. The maximum Gasteiger partial charge on any atom is 0.257 e. The average Bonchev–Trinajstić information content (AvgIpc) is 2.73. The predicted molar refractivity (Wildman–Crippen MR) is 107 cm³/mol. The highest BCUT2D eigenvalue weighted by Crippen LogP contribution is 2.31. The quantitative estimate of drug-likeness (QED) is 0.815. The molecule has 0 spiro atoms. The van der Waals surface area contributed by atoms with Crippen LogP contribution in [0, 0.1) is 0 Å². The van der Waals surface area contributed by atoms with Gasteiger partial charge in [-0.3, -0.25) is 15.1 Å². The van der Waals surface area contributed by atoms with E-state index >= 15 is 0 Å². The van der Waals surface area contributed by atoms with Crippen LogP contribution in [0.1, 0.15) is 41.2 Å². The number of benzene rings is 1. The molecule has 1 aromatic carbocycles. The van der Waals surface area contributed by atoms with Crippen molar-refractivity contribution in [2.24, 2.45) is 0 Å². The van der Waals surface area contributed by atoms with Crippen LogP contribution in [-0.4, -0.2) is 41.7 Å². The first-order valence-corrected chi connectivity index (χ1v) is 9.28. The number of pyridine rings is 1. The number of carbonyl (C=O) groups excluding carboxylic acids is 1. The van der Waals surface area contributed by atoms with Crippen molar-refractivity contribution in [1.82, 2.24) is 15.2 Å². The van der Waals surface area contributed by atoms with Gasteiger partial charge in [-0.05, 0) is 61.3 Å². The summed E-state index contributed by atoms with van der Waals surface area (Å²) in [7, 11) is 3.10. The number of nitrogens with zero attached hydrogens (tertiary/aromatic N) is 2. The van der Waals surface area contributed by atoms with Crippen molar-refractivity contribution in [2.75, 3.05) is 20.8 Å². The lowest BCUT2D eigenvalue weighted by molar-refractivity contribution is 0.0969. The SMILES string of the molecule is COc1ccc(C(=O)NC(=S)N2CCCCC2c2cccnc2)cc1OC. The van der Waals surface area contributed by atoms with Crippen LogP contribution in [0.4, 0.5) is 0 Å². The highest BCUT2D eigenvalue weighted by molar-refractivity contribution is 7.80. The molecular weight excluding hydrogens is 362 g/mol. The summed E-state index contributed by atoms with van der Waals surface area (Å²) in [5.41, 5.74) is 1.57. The highest BCUT2D eigenvalue weighted by atomic mass is 32.1. The first kappa shape index (κ1) is 19.1. The summed E-state index contributed by atoms with van der Waals surface area (Å²) >= 11 is 5.55. The van der Waals surface area contributed by atoms with Crippen molar-refractivity contribution >= 4 is 23.2 Å². The molecule has 3 rings (SSSR count). The van der Waals surface area contributed by atoms with E-state index in [1.165, 1.54) is 7.11 Å². The Morgan fingerprint density at radius 2 is 2.04 bits per heavy atom. The van der Waals surface area contributed by atoms with Crippen LogP contribution in [0.5, 0.6) is 11.5 Å². The van der Waals surface area contributed by atoms with E-state index in [0.29, 0.717) is 22.2 Å². The second-order valence-electron chi connectivity index (χ2n) is 6.32. The summed E-state index contributed by atoms with van der Waals surface area (Å²) in [5, 5.41) is 3.29. The van der Waals surface area contributed by atoms with Gasteiger partial charge in [0.15, 0.2) is 16.6 Å². The fraction of sp³-hybridized carbons (Fsp3) is 0.350. The molecule has 1 atom stereocenters. The molecule has 0 aliphatic carbocycles. The van der Waals surface area contributed by atoms with Gasteiger partial charge in [-0.2, -0.15) is 0 Å². The van der Waals surface area contributed by atoms with Gasteiger partial charge in [0.25, 0.3) is 5.91 Å². The van der Waals surface area contributed by atoms with Crippen LogP contribution in [-0.2, 0) is 0 Å². The van der Waals surface area contributed by atoms with Gasteiger partial charge >= 0.3 is 0 Å². The molecule has 1 amide bonds. The molecule has 1 saturated heterocycles. The number of thiocarbonyl (C=S) groups is 1. The smallest absolute Gasteiger partial charge is 0.257 e. The van der Waals surface area contributed by atoms with E-state index in [4.69, 9.17) is 21.7 Å². The molecule has 2 aromatic rings. The second kappa shape index (κ2) is 8.81. The molecular formula is C20H23N3O3S. The first-order chi connectivity index (χ1) is 13.1. The Morgan fingerprint density at radius 3 is 2.74 bits per heavy atom. The van der Waals surface area contributed by atoms with Gasteiger partial charge in [-0.25, -0.2) is 0 Å². The van der Waals surface area contributed by atoms with Crippen molar-refractivity contribution in [3.8, 4) is 11.5 Å². The van der Waals surface area contributed by atoms with Crippen LogP contribution in [0.25, 0.3) is 0 Å². The van der Waals surface area contributed by atoms with Gasteiger partial charge in [0.2, 0.25) is 0 Å². The van der Waals surface area contributed by atoms with Crippen molar-refractivity contribution < 1.29 is 14.3 Å². The number of hydrogen-bond acceptors (Lipinski definition) is 5. The van der Waals surface area contributed by atoms with Crippen LogP contribution < -0.4 is 14.8 Å². The summed E-state index contributed by atoms with van der Waals surface area (Å²) < 4.78 is 10.5. The lowest BCUT2D eigenvalue weighted by Gasteiger charge is -2.37. The summed E-state index contributed by atoms with van der Waals surface area (Å²) in [4.78, 5) is 19.0.